The first-order chi connectivity index (χ1) is 24.9. The highest BCUT2D eigenvalue weighted by Crippen LogP contribution is 2.38. The fraction of sp³-hybridized carbons (Fsp3) is 0.289. The van der Waals surface area contributed by atoms with Crippen molar-refractivity contribution in [3.63, 3.8) is 0 Å². The number of hydrogen-bond donors (Lipinski definition) is 2. The second-order valence-corrected chi connectivity index (χ2v) is 13.4. The molecule has 0 radical (unpaired) electrons. The lowest BCUT2D eigenvalue weighted by atomic mass is 10.0. The van der Waals surface area contributed by atoms with Crippen LogP contribution in [-0.2, 0) is 25.8 Å². The molecule has 0 amide bonds. The van der Waals surface area contributed by atoms with Gasteiger partial charge < -0.3 is 19.5 Å². The number of aromatic nitrogens is 1. The van der Waals surface area contributed by atoms with Crippen molar-refractivity contribution in [2.45, 2.75) is 78.2 Å². The average molecular weight is 682 g/mol. The zero-order valence-corrected chi connectivity index (χ0v) is 29.7. The van der Waals surface area contributed by atoms with Gasteiger partial charge in [-0.2, -0.15) is 0 Å². The van der Waals surface area contributed by atoms with Crippen LogP contribution >= 0.6 is 0 Å². The third-order valence-corrected chi connectivity index (χ3v) is 9.83. The Kier molecular flexibility index (Phi) is 11.5. The summed E-state index contributed by atoms with van der Waals surface area (Å²) in [4.78, 5) is 23.7. The van der Waals surface area contributed by atoms with Gasteiger partial charge in [0.15, 0.2) is 0 Å². The molecular weight excluding hydrogens is 634 g/mol. The monoisotopic (exact) mass is 681 g/mol. The van der Waals surface area contributed by atoms with Gasteiger partial charge in [-0.3, -0.25) is 0 Å². The van der Waals surface area contributed by atoms with Crippen molar-refractivity contribution >= 4 is 33.7 Å². The van der Waals surface area contributed by atoms with Crippen LogP contribution in [0, 0.1) is 0 Å². The van der Waals surface area contributed by atoms with Crippen LogP contribution in [0.15, 0.2) is 103 Å². The fourth-order valence-corrected chi connectivity index (χ4v) is 7.06. The number of carbonyl (C=O) groups is 2. The maximum Gasteiger partial charge on any atom is 0.336 e. The zero-order chi connectivity index (χ0) is 35.7. The summed E-state index contributed by atoms with van der Waals surface area (Å²) in [5, 5.41) is 21.1. The molecule has 0 atom stereocenters. The average Bonchev–Trinajstić information content (AvgIpc) is 3.61. The fourth-order valence-electron chi connectivity index (χ4n) is 7.06. The quantitative estimate of drug-likeness (QED) is 0.0991. The number of nitrogens with zero attached hydrogens (tertiary/aromatic N) is 1. The lowest BCUT2D eigenvalue weighted by Gasteiger charge is -2.15. The van der Waals surface area contributed by atoms with E-state index >= 15 is 0 Å². The van der Waals surface area contributed by atoms with Crippen LogP contribution in [-0.4, -0.2) is 33.3 Å². The Morgan fingerprint density at radius 2 is 1.39 bits per heavy atom. The van der Waals surface area contributed by atoms with Crippen LogP contribution in [0.2, 0.25) is 0 Å². The summed E-state index contributed by atoms with van der Waals surface area (Å²) in [6.07, 6.45) is 9.21. The van der Waals surface area contributed by atoms with Gasteiger partial charge in [-0.1, -0.05) is 100 Å². The van der Waals surface area contributed by atoms with Gasteiger partial charge in [0.1, 0.15) is 5.75 Å². The highest BCUT2D eigenvalue weighted by Gasteiger charge is 2.21. The van der Waals surface area contributed by atoms with Gasteiger partial charge in [0, 0.05) is 17.3 Å². The number of hydrogen-bond acceptors (Lipinski definition) is 3. The molecule has 1 aromatic heterocycles. The molecule has 0 saturated carbocycles. The molecule has 262 valence electrons. The minimum Gasteiger partial charge on any atom is -0.494 e. The topological polar surface area (TPSA) is 88.8 Å². The van der Waals surface area contributed by atoms with Crippen LogP contribution in [0.1, 0.15) is 95.3 Å². The van der Waals surface area contributed by atoms with E-state index < -0.39 is 11.9 Å². The van der Waals surface area contributed by atoms with Crippen molar-refractivity contribution in [3.05, 3.63) is 137 Å². The first-order valence-electron chi connectivity index (χ1n) is 18.3. The van der Waals surface area contributed by atoms with Crippen molar-refractivity contribution in [2.75, 3.05) is 6.61 Å². The molecule has 6 nitrogen and oxygen atoms in total. The summed E-state index contributed by atoms with van der Waals surface area (Å²) < 4.78 is 8.66. The standard InChI is InChI=1S/C39H43NO5.C6H4/c1-3-5-6-7-8-15-30-24-32(45-23-12-13-27-19-21-29(22-20-27)38(41)42)25-34-36-33(39(43)44)17-11-18-35(36)40(37(30)34)26-31-16-10-9-14-28(31)4-2;1-2-5-4-6(5)3-1/h9-11,14,16-22,24-25H,3-8,12-13,15,23,26H2,1-2H3,(H,41,42)(H,43,44);1-4H. The van der Waals surface area contributed by atoms with E-state index in [-0.39, 0.29) is 5.56 Å². The van der Waals surface area contributed by atoms with Gasteiger partial charge >= 0.3 is 11.9 Å². The van der Waals surface area contributed by atoms with Crippen molar-refractivity contribution in [3.8, 4) is 16.9 Å². The van der Waals surface area contributed by atoms with E-state index in [1.54, 1.807) is 18.2 Å². The molecular formula is C45H47NO5. The van der Waals surface area contributed by atoms with Crippen molar-refractivity contribution in [1.82, 2.24) is 4.57 Å². The Morgan fingerprint density at radius 1 is 0.667 bits per heavy atom. The third-order valence-electron chi connectivity index (χ3n) is 9.83. The number of benzene rings is 5. The summed E-state index contributed by atoms with van der Waals surface area (Å²) in [7, 11) is 0. The van der Waals surface area contributed by atoms with E-state index in [1.807, 2.05) is 30.3 Å². The van der Waals surface area contributed by atoms with Gasteiger partial charge in [0.25, 0.3) is 0 Å². The van der Waals surface area contributed by atoms with E-state index in [4.69, 9.17) is 9.84 Å². The van der Waals surface area contributed by atoms with Crippen LogP contribution in [0.5, 0.6) is 5.75 Å². The lowest BCUT2D eigenvalue weighted by molar-refractivity contribution is 0.0687. The van der Waals surface area contributed by atoms with Crippen LogP contribution in [0.25, 0.3) is 32.9 Å². The van der Waals surface area contributed by atoms with Gasteiger partial charge in [-0.15, -0.1) is 0 Å². The molecule has 0 unspecified atom stereocenters. The summed E-state index contributed by atoms with van der Waals surface area (Å²) in [6, 6.07) is 33.7. The van der Waals surface area contributed by atoms with E-state index in [0.29, 0.717) is 18.7 Å². The molecule has 4 aromatic carbocycles. The number of aryl methyl sites for hydroxylation is 3. The minimum atomic E-state index is -0.935. The largest absolute Gasteiger partial charge is 0.494 e. The number of carboxylic acid groups (broad SMARTS) is 2. The number of carboxylic acids is 2. The molecule has 0 aliphatic heterocycles. The Hall–Kier alpha value is -5.36. The Labute approximate surface area is 300 Å². The van der Waals surface area contributed by atoms with Crippen molar-refractivity contribution in [2.24, 2.45) is 0 Å². The Balaban J connectivity index is 0.000000666. The van der Waals surface area contributed by atoms with Gasteiger partial charge in [0.2, 0.25) is 0 Å². The Bertz CT molecular complexity index is 2130. The molecule has 5 aromatic rings. The van der Waals surface area contributed by atoms with Gasteiger partial charge in [0.05, 0.1) is 28.8 Å². The van der Waals surface area contributed by atoms with Crippen molar-refractivity contribution in [1.29, 1.82) is 0 Å². The van der Waals surface area contributed by atoms with E-state index in [2.05, 4.69) is 73.0 Å². The summed E-state index contributed by atoms with van der Waals surface area (Å²) in [5.41, 5.74) is 10.2. The molecule has 7 rings (SSSR count). The predicted octanol–water partition coefficient (Wildman–Crippen LogP) is 11.0. The van der Waals surface area contributed by atoms with Crippen LogP contribution in [0.3, 0.4) is 0 Å². The molecule has 51 heavy (non-hydrogen) atoms. The van der Waals surface area contributed by atoms with Crippen molar-refractivity contribution < 1.29 is 24.5 Å². The molecule has 2 aliphatic carbocycles. The number of fused-ring (bicyclic) bond motifs is 4. The second-order valence-electron chi connectivity index (χ2n) is 13.4. The van der Waals surface area contributed by atoms with Gasteiger partial charge in [-0.25, -0.2) is 9.59 Å². The van der Waals surface area contributed by atoms with E-state index in [0.717, 1.165) is 71.6 Å². The Morgan fingerprint density at radius 3 is 2.04 bits per heavy atom. The summed E-state index contributed by atoms with van der Waals surface area (Å²) in [5.74, 6) is -1.11. The second kappa shape index (κ2) is 16.6. The number of ether oxygens (including phenoxy) is 1. The van der Waals surface area contributed by atoms with Gasteiger partial charge in [-0.05, 0) is 108 Å². The number of unbranched alkanes of at least 4 members (excludes halogenated alkanes) is 4. The van der Waals surface area contributed by atoms with Crippen LogP contribution < -0.4 is 4.74 Å². The number of aromatic carboxylic acids is 2. The molecule has 2 aliphatic rings. The van der Waals surface area contributed by atoms with Crippen LogP contribution in [0.4, 0.5) is 0 Å². The van der Waals surface area contributed by atoms with E-state index in [9.17, 15) is 14.7 Å². The maximum absolute atomic E-state index is 12.5. The summed E-state index contributed by atoms with van der Waals surface area (Å²) >= 11 is 0. The predicted molar refractivity (Wildman–Crippen MR) is 206 cm³/mol. The first-order valence-corrected chi connectivity index (χ1v) is 18.3. The number of rotatable bonds is 16. The third kappa shape index (κ3) is 8.51. The minimum absolute atomic E-state index is 0.281. The molecule has 0 spiro atoms. The zero-order valence-electron chi connectivity index (χ0n) is 29.7. The smallest absolute Gasteiger partial charge is 0.336 e. The highest BCUT2D eigenvalue weighted by molar-refractivity contribution is 6.17. The highest BCUT2D eigenvalue weighted by atomic mass is 16.5. The molecule has 0 bridgehead atoms. The molecule has 2 N–H and O–H groups in total. The SMILES string of the molecule is CCCCCCCc1cc(OCCCc2ccc(C(=O)O)cc2)cc2c3c(C(=O)O)cccc3n(Cc3ccccc3CC)c12.c1cc2cc-2c1. The van der Waals surface area contributed by atoms with E-state index in [1.165, 1.54) is 47.1 Å². The summed E-state index contributed by atoms with van der Waals surface area (Å²) in [6.45, 7) is 5.55. The lowest BCUT2D eigenvalue weighted by Crippen LogP contribution is -2.05. The first kappa shape index (κ1) is 35.5. The maximum atomic E-state index is 12.5. The molecule has 0 saturated heterocycles. The molecule has 6 heteroatoms. The molecule has 1 heterocycles. The molecule has 0 fully saturated rings. The normalized spacial score (nSPS) is 11.3.